The Kier molecular flexibility index (Phi) is 10.4. The quantitative estimate of drug-likeness (QED) is 0.361. The van der Waals surface area contributed by atoms with Crippen LogP contribution in [0.3, 0.4) is 0 Å². The van der Waals surface area contributed by atoms with Gasteiger partial charge in [0.05, 0.1) is 11.4 Å². The fourth-order valence-electron chi connectivity index (χ4n) is 3.97. The number of hydrogen-bond acceptors (Lipinski definition) is 8. The van der Waals surface area contributed by atoms with E-state index in [1.165, 1.54) is 0 Å². The largest absolute Gasteiger partial charge is 0.481 e. The van der Waals surface area contributed by atoms with Gasteiger partial charge in [-0.15, -0.1) is 0 Å². The van der Waals surface area contributed by atoms with Gasteiger partial charge in [0, 0.05) is 52.1 Å². The minimum absolute atomic E-state index is 0.0360. The van der Waals surface area contributed by atoms with Gasteiger partial charge in [0.25, 0.3) is 0 Å². The number of aromatic nitrogens is 1. The van der Waals surface area contributed by atoms with Crippen LogP contribution in [0.15, 0.2) is 18.2 Å². The number of nitrogens with zero attached hydrogens (tertiary/aromatic N) is 4. The summed E-state index contributed by atoms with van der Waals surface area (Å²) in [6.45, 7) is 2.02. The zero-order valence-corrected chi connectivity index (χ0v) is 19.2. The van der Waals surface area contributed by atoms with Gasteiger partial charge in [-0.2, -0.15) is 0 Å². The second-order valence-electron chi connectivity index (χ2n) is 8.44. The Morgan fingerprint density at radius 1 is 0.794 bits per heavy atom. The molecule has 0 saturated carbocycles. The molecule has 1 aliphatic heterocycles. The van der Waals surface area contributed by atoms with E-state index < -0.39 is 36.0 Å². The van der Waals surface area contributed by atoms with E-state index >= 15 is 0 Å². The summed E-state index contributed by atoms with van der Waals surface area (Å²) < 4.78 is 0. The second kappa shape index (κ2) is 13.0. The Morgan fingerprint density at radius 2 is 1.21 bits per heavy atom. The summed E-state index contributed by atoms with van der Waals surface area (Å²) in [7, 11) is 1.83. The van der Waals surface area contributed by atoms with Gasteiger partial charge in [-0.25, -0.2) is 0 Å². The van der Waals surface area contributed by atoms with Crippen molar-refractivity contribution in [2.75, 3.05) is 33.2 Å². The molecule has 2 rings (SSSR count). The van der Waals surface area contributed by atoms with Crippen molar-refractivity contribution in [2.24, 2.45) is 0 Å². The number of aliphatic carboxylic acids is 4. The van der Waals surface area contributed by atoms with E-state index in [-0.39, 0.29) is 38.8 Å². The summed E-state index contributed by atoms with van der Waals surface area (Å²) in [5.74, 6) is -4.32. The molecule has 0 aliphatic carbocycles. The molecule has 1 aromatic rings. The first-order valence-electron chi connectivity index (χ1n) is 11.1. The number of fused-ring (bicyclic) bond motifs is 2. The Bertz CT molecular complexity index is 815. The third-order valence-electron chi connectivity index (χ3n) is 5.85. The van der Waals surface area contributed by atoms with Crippen molar-refractivity contribution in [3.63, 3.8) is 0 Å². The molecule has 0 fully saturated rings. The molecule has 0 saturated heterocycles. The number of likely N-dealkylation sites (N-methyl/N-ethyl adjacent to an activating group) is 1. The normalized spacial score (nSPS) is 18.3. The fraction of sp³-hybridized carbons (Fsp3) is 0.591. The monoisotopic (exact) mass is 480 g/mol. The van der Waals surface area contributed by atoms with Gasteiger partial charge in [-0.05, 0) is 32.0 Å². The summed E-state index contributed by atoms with van der Waals surface area (Å²) in [6, 6.07) is 3.27. The molecular formula is C22H32N4O8. The fourth-order valence-corrected chi connectivity index (χ4v) is 3.97. The van der Waals surface area contributed by atoms with Crippen LogP contribution in [-0.2, 0) is 32.3 Å². The van der Waals surface area contributed by atoms with E-state index in [1.54, 1.807) is 28.0 Å². The van der Waals surface area contributed by atoms with E-state index in [0.717, 1.165) is 0 Å². The predicted molar refractivity (Wildman–Crippen MR) is 119 cm³/mol. The van der Waals surface area contributed by atoms with Crippen molar-refractivity contribution >= 4 is 23.9 Å². The van der Waals surface area contributed by atoms with Crippen molar-refractivity contribution in [1.82, 2.24) is 19.7 Å². The van der Waals surface area contributed by atoms with Gasteiger partial charge in [-0.3, -0.25) is 34.0 Å². The Labute approximate surface area is 197 Å². The molecule has 0 radical (unpaired) electrons. The lowest BCUT2D eigenvalue weighted by Gasteiger charge is -2.33. The van der Waals surface area contributed by atoms with Crippen molar-refractivity contribution < 1.29 is 39.6 Å². The van der Waals surface area contributed by atoms with Gasteiger partial charge in [0.2, 0.25) is 0 Å². The first-order chi connectivity index (χ1) is 16.1. The number of hydrogen-bond donors (Lipinski definition) is 4. The molecule has 2 atom stereocenters. The second-order valence-corrected chi connectivity index (χ2v) is 8.44. The molecule has 34 heavy (non-hydrogen) atoms. The van der Waals surface area contributed by atoms with Crippen LogP contribution in [0.4, 0.5) is 0 Å². The molecular weight excluding hydrogens is 448 g/mol. The van der Waals surface area contributed by atoms with Crippen LogP contribution in [0.2, 0.25) is 0 Å². The van der Waals surface area contributed by atoms with Gasteiger partial charge < -0.3 is 25.3 Å². The summed E-state index contributed by atoms with van der Waals surface area (Å²) >= 11 is 0. The molecule has 4 N–H and O–H groups in total. The van der Waals surface area contributed by atoms with E-state index in [0.29, 0.717) is 37.6 Å². The maximum atomic E-state index is 11.9. The van der Waals surface area contributed by atoms with Gasteiger partial charge in [0.1, 0.15) is 12.1 Å². The molecule has 12 heteroatoms. The first kappa shape index (κ1) is 27.2. The maximum Gasteiger partial charge on any atom is 0.320 e. The summed E-state index contributed by atoms with van der Waals surface area (Å²) in [5.41, 5.74) is 1.17. The summed E-state index contributed by atoms with van der Waals surface area (Å²) in [6.07, 6.45) is -0.602. The van der Waals surface area contributed by atoms with Gasteiger partial charge >= 0.3 is 23.9 Å². The highest BCUT2D eigenvalue weighted by Crippen LogP contribution is 2.17. The lowest BCUT2D eigenvalue weighted by Crippen LogP contribution is -2.47. The van der Waals surface area contributed by atoms with E-state index in [1.807, 2.05) is 11.9 Å². The molecule has 0 unspecified atom stereocenters. The Morgan fingerprint density at radius 3 is 1.56 bits per heavy atom. The van der Waals surface area contributed by atoms with Crippen LogP contribution in [-0.4, -0.2) is 109 Å². The number of carboxylic acids is 4. The van der Waals surface area contributed by atoms with Gasteiger partial charge in [-0.1, -0.05) is 6.07 Å². The average molecular weight is 481 g/mol. The highest BCUT2D eigenvalue weighted by molar-refractivity contribution is 5.75. The van der Waals surface area contributed by atoms with Crippen molar-refractivity contribution in [3.05, 3.63) is 29.6 Å². The molecule has 2 bridgehead atoms. The Balaban J connectivity index is 2.32. The SMILES string of the molecule is CN1CCN([C@H](CCC(=O)O)C(=O)O)Cc2cccc(n2)CN([C@@H](CCC(=O)O)C(=O)O)CC1. The summed E-state index contributed by atoms with van der Waals surface area (Å²) in [4.78, 5) is 55.8. The molecule has 1 aliphatic rings. The molecule has 0 amide bonds. The van der Waals surface area contributed by atoms with Crippen LogP contribution in [0.1, 0.15) is 37.1 Å². The van der Waals surface area contributed by atoms with Crippen molar-refractivity contribution in [3.8, 4) is 0 Å². The van der Waals surface area contributed by atoms with Crippen LogP contribution >= 0.6 is 0 Å². The van der Waals surface area contributed by atoms with Crippen LogP contribution in [0, 0.1) is 0 Å². The van der Waals surface area contributed by atoms with E-state index in [9.17, 15) is 29.4 Å². The highest BCUT2D eigenvalue weighted by atomic mass is 16.4. The zero-order valence-electron chi connectivity index (χ0n) is 19.2. The molecule has 12 nitrogen and oxygen atoms in total. The minimum atomic E-state index is -1.10. The maximum absolute atomic E-state index is 11.9. The summed E-state index contributed by atoms with van der Waals surface area (Å²) in [5, 5.41) is 37.5. The molecule has 188 valence electrons. The zero-order chi connectivity index (χ0) is 25.3. The van der Waals surface area contributed by atoms with Crippen molar-refractivity contribution in [1.29, 1.82) is 0 Å². The number of carbonyl (C=O) groups is 4. The first-order valence-corrected chi connectivity index (χ1v) is 11.1. The molecule has 2 heterocycles. The Hall–Kier alpha value is -3.09. The third-order valence-corrected chi connectivity index (χ3v) is 5.85. The van der Waals surface area contributed by atoms with E-state index in [4.69, 9.17) is 10.2 Å². The lowest BCUT2D eigenvalue weighted by atomic mass is 10.1. The molecule has 0 spiro atoms. The molecule has 0 aromatic carbocycles. The minimum Gasteiger partial charge on any atom is -0.481 e. The van der Waals surface area contributed by atoms with Crippen molar-refractivity contribution in [2.45, 2.75) is 50.9 Å². The van der Waals surface area contributed by atoms with E-state index in [2.05, 4.69) is 4.98 Å². The lowest BCUT2D eigenvalue weighted by molar-refractivity contribution is -0.146. The van der Waals surface area contributed by atoms with Crippen LogP contribution in [0.25, 0.3) is 0 Å². The number of carboxylic acid groups (broad SMARTS) is 4. The molecule has 1 aromatic heterocycles. The van der Waals surface area contributed by atoms with Gasteiger partial charge in [0.15, 0.2) is 0 Å². The standard InChI is InChI=1S/C22H32N4O8/c1-24-9-11-25(17(21(31)32)5-7-19(27)28)13-15-3-2-4-16(23-15)14-26(12-10-24)18(22(33)34)6-8-20(29)30/h2-4,17-18H,5-14H2,1H3,(H,27,28)(H,29,30)(H,31,32)(H,33,34)/t17-,18+. The predicted octanol–water partition coefficient (Wildman–Crippen LogP) is 0.267. The average Bonchev–Trinajstić information content (AvgIpc) is 2.74. The highest BCUT2D eigenvalue weighted by Gasteiger charge is 2.29. The van der Waals surface area contributed by atoms with Crippen LogP contribution in [0.5, 0.6) is 0 Å². The number of rotatable bonds is 10. The van der Waals surface area contributed by atoms with Crippen LogP contribution < -0.4 is 0 Å². The number of pyridine rings is 1. The topological polar surface area (TPSA) is 172 Å². The smallest absolute Gasteiger partial charge is 0.320 e. The third kappa shape index (κ3) is 8.69.